The lowest BCUT2D eigenvalue weighted by Gasteiger charge is -2.16. The average molecular weight is 459 g/mol. The van der Waals surface area contributed by atoms with Crippen LogP contribution in [0.15, 0.2) is 53.7 Å². The Morgan fingerprint density at radius 3 is 2.94 bits per heavy atom. The van der Waals surface area contributed by atoms with Gasteiger partial charge in [0.2, 0.25) is 5.91 Å². The minimum atomic E-state index is -0.559. The van der Waals surface area contributed by atoms with Gasteiger partial charge in [-0.05, 0) is 55.2 Å². The number of nitrogens with zero attached hydrogens (tertiary/aromatic N) is 3. The van der Waals surface area contributed by atoms with Gasteiger partial charge in [-0.2, -0.15) is 0 Å². The standard InChI is InChI=1S/C25H26N6O3/c1-15-7-16(9-20(8-15)34-2)11-27-23-25(33)31-19(14-28-23)3-4-22(31)24(32)29-13-18-10-17-12-26-6-5-21(17)30-18/h5-10,12,14,22,30H,3-4,11,13H2,1-2H3,(H,27,28)(H,29,32)/t22-/m0/s1. The maximum atomic E-state index is 13.2. The molecule has 4 heterocycles. The molecule has 0 saturated carbocycles. The van der Waals surface area contributed by atoms with Crippen molar-refractivity contribution in [3.05, 3.63) is 81.8 Å². The number of aromatic amines is 1. The molecule has 1 atom stereocenters. The molecule has 1 aromatic carbocycles. The Balaban J connectivity index is 1.30. The molecule has 1 amide bonds. The zero-order chi connectivity index (χ0) is 23.7. The number of H-pyrrole nitrogens is 1. The summed E-state index contributed by atoms with van der Waals surface area (Å²) in [6.07, 6.45) is 6.38. The summed E-state index contributed by atoms with van der Waals surface area (Å²) in [5.74, 6) is 0.809. The van der Waals surface area contributed by atoms with Crippen LogP contribution in [-0.4, -0.2) is 32.5 Å². The van der Waals surface area contributed by atoms with E-state index in [9.17, 15) is 9.59 Å². The lowest BCUT2D eigenvalue weighted by atomic mass is 10.1. The van der Waals surface area contributed by atoms with E-state index in [0.29, 0.717) is 25.9 Å². The largest absolute Gasteiger partial charge is 0.497 e. The third kappa shape index (κ3) is 4.24. The molecule has 0 fully saturated rings. The number of amides is 1. The third-order valence-electron chi connectivity index (χ3n) is 6.10. The maximum absolute atomic E-state index is 13.2. The van der Waals surface area contributed by atoms with Gasteiger partial charge in [0.05, 0.1) is 13.7 Å². The molecule has 0 saturated heterocycles. The highest BCUT2D eigenvalue weighted by atomic mass is 16.5. The fourth-order valence-electron chi connectivity index (χ4n) is 4.47. The van der Waals surface area contributed by atoms with Crippen LogP contribution in [0.1, 0.15) is 35.0 Å². The van der Waals surface area contributed by atoms with E-state index in [1.165, 1.54) is 0 Å². The third-order valence-corrected chi connectivity index (χ3v) is 6.10. The minimum Gasteiger partial charge on any atom is -0.497 e. The highest BCUT2D eigenvalue weighted by molar-refractivity contribution is 5.82. The molecule has 0 aliphatic carbocycles. The van der Waals surface area contributed by atoms with Crippen LogP contribution in [0.3, 0.4) is 0 Å². The first-order valence-corrected chi connectivity index (χ1v) is 11.2. The van der Waals surface area contributed by atoms with Crippen molar-refractivity contribution in [3.63, 3.8) is 0 Å². The zero-order valence-corrected chi connectivity index (χ0v) is 19.1. The van der Waals surface area contributed by atoms with Gasteiger partial charge >= 0.3 is 0 Å². The van der Waals surface area contributed by atoms with Crippen molar-refractivity contribution >= 4 is 22.6 Å². The highest BCUT2D eigenvalue weighted by Crippen LogP contribution is 2.24. The Morgan fingerprint density at radius 2 is 2.12 bits per heavy atom. The number of anilines is 1. The van der Waals surface area contributed by atoms with Gasteiger partial charge in [-0.3, -0.25) is 19.1 Å². The van der Waals surface area contributed by atoms with Gasteiger partial charge in [-0.15, -0.1) is 0 Å². The zero-order valence-electron chi connectivity index (χ0n) is 19.1. The van der Waals surface area contributed by atoms with Crippen molar-refractivity contribution in [3.8, 4) is 5.75 Å². The van der Waals surface area contributed by atoms with Crippen LogP contribution in [0.5, 0.6) is 5.75 Å². The second kappa shape index (κ2) is 9.01. The number of carbonyl (C=O) groups is 1. The molecule has 0 bridgehead atoms. The van der Waals surface area contributed by atoms with E-state index in [4.69, 9.17) is 4.74 Å². The van der Waals surface area contributed by atoms with Gasteiger partial charge in [0, 0.05) is 47.4 Å². The maximum Gasteiger partial charge on any atom is 0.294 e. The normalized spacial score (nSPS) is 14.7. The van der Waals surface area contributed by atoms with Crippen molar-refractivity contribution in [2.24, 2.45) is 0 Å². The Morgan fingerprint density at radius 1 is 1.24 bits per heavy atom. The monoisotopic (exact) mass is 458 g/mol. The first-order chi connectivity index (χ1) is 16.5. The molecule has 3 N–H and O–H groups in total. The van der Waals surface area contributed by atoms with Crippen LogP contribution in [-0.2, 0) is 24.3 Å². The fraction of sp³-hybridized carbons (Fsp3) is 0.280. The molecular formula is C25H26N6O3. The predicted octanol–water partition coefficient (Wildman–Crippen LogP) is 2.85. The molecule has 5 rings (SSSR count). The number of rotatable bonds is 7. The summed E-state index contributed by atoms with van der Waals surface area (Å²) < 4.78 is 6.89. The second-order valence-corrected chi connectivity index (χ2v) is 8.52. The molecule has 9 heteroatoms. The number of hydrogen-bond donors (Lipinski definition) is 3. The van der Waals surface area contributed by atoms with Gasteiger partial charge < -0.3 is 20.4 Å². The van der Waals surface area contributed by atoms with Gasteiger partial charge in [-0.1, -0.05) is 6.07 Å². The van der Waals surface area contributed by atoms with Crippen molar-refractivity contribution < 1.29 is 9.53 Å². The summed E-state index contributed by atoms with van der Waals surface area (Å²) in [6, 6.07) is 9.18. The van der Waals surface area contributed by atoms with E-state index in [2.05, 4.69) is 25.6 Å². The Bertz CT molecular complexity index is 1390. The van der Waals surface area contributed by atoms with E-state index >= 15 is 0 Å². The van der Waals surface area contributed by atoms with Crippen molar-refractivity contribution in [1.82, 2.24) is 24.8 Å². The van der Waals surface area contributed by atoms with Crippen LogP contribution >= 0.6 is 0 Å². The van der Waals surface area contributed by atoms with E-state index < -0.39 is 6.04 Å². The number of aromatic nitrogens is 4. The Kier molecular flexibility index (Phi) is 5.75. The van der Waals surface area contributed by atoms with Crippen LogP contribution in [0.4, 0.5) is 5.82 Å². The number of hydrogen-bond acceptors (Lipinski definition) is 6. The number of pyridine rings is 1. The number of aryl methyl sites for hydroxylation is 2. The molecule has 1 aliphatic heterocycles. The van der Waals surface area contributed by atoms with Crippen LogP contribution in [0.2, 0.25) is 0 Å². The average Bonchev–Trinajstić information content (AvgIpc) is 3.46. The minimum absolute atomic E-state index is 0.182. The first kappa shape index (κ1) is 21.7. The summed E-state index contributed by atoms with van der Waals surface area (Å²) in [5, 5.41) is 7.08. The lowest BCUT2D eigenvalue weighted by Crippen LogP contribution is -2.36. The fourth-order valence-corrected chi connectivity index (χ4v) is 4.47. The molecular weight excluding hydrogens is 432 g/mol. The van der Waals surface area contributed by atoms with Gasteiger partial charge in [0.1, 0.15) is 11.8 Å². The lowest BCUT2D eigenvalue weighted by molar-refractivity contribution is -0.124. The number of benzene rings is 1. The quantitative estimate of drug-likeness (QED) is 0.392. The SMILES string of the molecule is COc1cc(C)cc(CNc2ncc3n(c2=O)[C@H](C(=O)NCc2cc4cnccc4[nH]2)CC3)c1. The smallest absolute Gasteiger partial charge is 0.294 e. The number of fused-ring (bicyclic) bond motifs is 2. The van der Waals surface area contributed by atoms with Gasteiger partial charge in [0.25, 0.3) is 5.56 Å². The molecule has 0 spiro atoms. The van der Waals surface area contributed by atoms with Crippen molar-refractivity contribution in [2.45, 2.75) is 38.9 Å². The molecule has 4 aromatic rings. The van der Waals surface area contributed by atoms with Crippen LogP contribution in [0.25, 0.3) is 10.9 Å². The summed E-state index contributed by atoms with van der Waals surface area (Å²) >= 11 is 0. The van der Waals surface area contributed by atoms with E-state index in [0.717, 1.165) is 39.2 Å². The highest BCUT2D eigenvalue weighted by Gasteiger charge is 2.30. The van der Waals surface area contributed by atoms with Crippen molar-refractivity contribution in [1.29, 1.82) is 0 Å². The summed E-state index contributed by atoms with van der Waals surface area (Å²) in [7, 11) is 1.63. The van der Waals surface area contributed by atoms with E-state index in [1.54, 1.807) is 30.3 Å². The number of nitrogens with one attached hydrogen (secondary N) is 3. The summed E-state index contributed by atoms with van der Waals surface area (Å²) in [6.45, 7) is 2.76. The molecule has 174 valence electrons. The van der Waals surface area contributed by atoms with E-state index in [-0.39, 0.29) is 17.3 Å². The molecule has 3 aromatic heterocycles. The number of ether oxygens (including phenoxy) is 1. The van der Waals surface area contributed by atoms with Crippen LogP contribution < -0.4 is 20.9 Å². The van der Waals surface area contributed by atoms with Gasteiger partial charge in [-0.25, -0.2) is 4.98 Å². The first-order valence-electron chi connectivity index (χ1n) is 11.2. The van der Waals surface area contributed by atoms with Crippen LogP contribution in [0, 0.1) is 6.92 Å². The number of carbonyl (C=O) groups excluding carboxylic acids is 1. The molecule has 0 radical (unpaired) electrons. The van der Waals surface area contributed by atoms with Crippen molar-refractivity contribution in [2.75, 3.05) is 12.4 Å². The summed E-state index contributed by atoms with van der Waals surface area (Å²) in [5.41, 5.74) is 4.38. The number of methoxy groups -OCH3 is 1. The summed E-state index contributed by atoms with van der Waals surface area (Å²) in [4.78, 5) is 37.9. The van der Waals surface area contributed by atoms with E-state index in [1.807, 2.05) is 37.3 Å². The molecule has 9 nitrogen and oxygen atoms in total. The topological polar surface area (TPSA) is 114 Å². The second-order valence-electron chi connectivity index (χ2n) is 8.52. The predicted molar refractivity (Wildman–Crippen MR) is 129 cm³/mol. The molecule has 34 heavy (non-hydrogen) atoms. The Hall–Kier alpha value is -4.14. The molecule has 1 aliphatic rings. The molecule has 0 unspecified atom stereocenters. The van der Waals surface area contributed by atoms with Gasteiger partial charge in [0.15, 0.2) is 5.82 Å². The Labute approximate surface area is 196 Å².